The molecule has 0 spiro atoms. The predicted molar refractivity (Wildman–Crippen MR) is 88.6 cm³/mol. The second-order valence-corrected chi connectivity index (χ2v) is 6.76. The summed E-state index contributed by atoms with van der Waals surface area (Å²) in [5.74, 6) is -0.0699. The number of imide groups is 2. The Labute approximate surface area is 137 Å². The van der Waals surface area contributed by atoms with Gasteiger partial charge in [0.05, 0.1) is 5.75 Å². The van der Waals surface area contributed by atoms with E-state index in [2.05, 4.69) is 21.3 Å². The summed E-state index contributed by atoms with van der Waals surface area (Å²) < 4.78 is 0. The van der Waals surface area contributed by atoms with E-state index in [1.807, 2.05) is 6.92 Å². The molecule has 0 atom stereocenters. The molecule has 0 aliphatic heterocycles. The molecule has 22 heavy (non-hydrogen) atoms. The average molecular weight is 350 g/mol. The Morgan fingerprint density at radius 1 is 0.909 bits per heavy atom. The molecule has 8 nitrogen and oxygen atoms in total. The van der Waals surface area contributed by atoms with E-state index in [0.29, 0.717) is 18.8 Å². The van der Waals surface area contributed by atoms with Crippen LogP contribution in [0.15, 0.2) is 0 Å². The average Bonchev–Trinajstić information content (AvgIpc) is 2.42. The van der Waals surface area contributed by atoms with Crippen molar-refractivity contribution in [1.29, 1.82) is 0 Å². The summed E-state index contributed by atoms with van der Waals surface area (Å²) in [6.45, 7) is 4.18. The van der Waals surface area contributed by atoms with E-state index in [1.54, 1.807) is 0 Å². The van der Waals surface area contributed by atoms with Gasteiger partial charge in [-0.05, 0) is 6.42 Å². The molecule has 0 heterocycles. The van der Waals surface area contributed by atoms with Gasteiger partial charge in [0.1, 0.15) is 0 Å². The normalized spacial score (nSPS) is 9.73. The third kappa shape index (κ3) is 13.6. The second-order valence-electron chi connectivity index (χ2n) is 4.18. The number of amides is 6. The van der Waals surface area contributed by atoms with Gasteiger partial charge in [-0.25, -0.2) is 9.59 Å². The number of rotatable bonds is 9. The summed E-state index contributed by atoms with van der Waals surface area (Å²) in [5.41, 5.74) is 0. The fraction of sp³-hybridized carbons (Fsp3) is 0.667. The van der Waals surface area contributed by atoms with Gasteiger partial charge in [-0.3, -0.25) is 20.2 Å². The first kappa shape index (κ1) is 20.6. The zero-order valence-corrected chi connectivity index (χ0v) is 14.3. The molecule has 0 aliphatic carbocycles. The Kier molecular flexibility index (Phi) is 12.4. The molecule has 126 valence electrons. The van der Waals surface area contributed by atoms with Crippen LogP contribution in [0.3, 0.4) is 0 Å². The summed E-state index contributed by atoms with van der Waals surface area (Å²) in [6.07, 6.45) is 1.84. The number of urea groups is 2. The van der Waals surface area contributed by atoms with E-state index in [-0.39, 0.29) is 11.7 Å². The molecule has 0 saturated carbocycles. The molecule has 0 saturated heterocycles. The first-order valence-corrected chi connectivity index (χ1v) is 9.32. The van der Waals surface area contributed by atoms with Crippen molar-refractivity contribution in [2.75, 3.05) is 24.6 Å². The molecule has 6 amide bonds. The largest absolute Gasteiger partial charge is 0.338 e. The van der Waals surface area contributed by atoms with Crippen molar-refractivity contribution in [2.24, 2.45) is 0 Å². The maximum Gasteiger partial charge on any atom is 0.321 e. The van der Waals surface area contributed by atoms with Crippen LogP contribution in [0, 0.1) is 0 Å². The second kappa shape index (κ2) is 13.3. The molecule has 10 heteroatoms. The number of carbonyl (C=O) groups excluding carboxylic acids is 4. The monoisotopic (exact) mass is 350 g/mol. The Morgan fingerprint density at radius 3 is 2.18 bits per heavy atom. The van der Waals surface area contributed by atoms with Gasteiger partial charge in [0.2, 0.25) is 11.8 Å². The van der Waals surface area contributed by atoms with Crippen molar-refractivity contribution in [3.63, 3.8) is 0 Å². The molecule has 0 unspecified atom stereocenters. The predicted octanol–water partition coefficient (Wildman–Crippen LogP) is 0.839. The lowest BCUT2D eigenvalue weighted by Gasteiger charge is -2.06. The highest BCUT2D eigenvalue weighted by Crippen LogP contribution is 2.19. The topological polar surface area (TPSA) is 116 Å². The highest BCUT2D eigenvalue weighted by molar-refractivity contribution is 8.76. The first-order chi connectivity index (χ1) is 10.5. The Balaban J connectivity index is 3.50. The molecular formula is C12H22N4O4S2. The molecule has 0 aromatic rings. The van der Waals surface area contributed by atoms with Crippen LogP contribution in [0.4, 0.5) is 9.59 Å². The van der Waals surface area contributed by atoms with Gasteiger partial charge in [0, 0.05) is 25.8 Å². The van der Waals surface area contributed by atoms with Gasteiger partial charge in [0.15, 0.2) is 0 Å². The van der Waals surface area contributed by atoms with E-state index in [0.717, 1.165) is 12.8 Å². The van der Waals surface area contributed by atoms with E-state index in [4.69, 9.17) is 0 Å². The number of nitrogens with one attached hydrogen (secondary N) is 4. The minimum Gasteiger partial charge on any atom is -0.338 e. The van der Waals surface area contributed by atoms with Crippen molar-refractivity contribution in [3.8, 4) is 0 Å². The SMILES string of the molecule is CCCCNC(=O)NC(=O)CSSCCNC(=O)NC(C)=O. The smallest absolute Gasteiger partial charge is 0.321 e. The van der Waals surface area contributed by atoms with Crippen LogP contribution in [-0.4, -0.2) is 48.5 Å². The van der Waals surface area contributed by atoms with E-state index >= 15 is 0 Å². The maximum atomic E-state index is 11.4. The fourth-order valence-corrected chi connectivity index (χ4v) is 2.89. The summed E-state index contributed by atoms with van der Waals surface area (Å²) >= 11 is 0. The number of hydrogen-bond donors (Lipinski definition) is 4. The number of hydrogen-bond acceptors (Lipinski definition) is 6. The van der Waals surface area contributed by atoms with Crippen LogP contribution in [-0.2, 0) is 9.59 Å². The van der Waals surface area contributed by atoms with E-state index in [1.165, 1.54) is 28.5 Å². The molecule has 0 aromatic carbocycles. The third-order valence-electron chi connectivity index (χ3n) is 2.10. The molecule has 0 bridgehead atoms. The molecule has 0 rings (SSSR count). The van der Waals surface area contributed by atoms with Gasteiger partial charge in [-0.1, -0.05) is 34.9 Å². The Bertz CT molecular complexity index is 393. The van der Waals surface area contributed by atoms with Gasteiger partial charge < -0.3 is 10.6 Å². The molecule has 0 aliphatic rings. The van der Waals surface area contributed by atoms with Gasteiger partial charge in [0.25, 0.3) is 0 Å². The highest BCUT2D eigenvalue weighted by Gasteiger charge is 2.07. The summed E-state index contributed by atoms with van der Waals surface area (Å²) in [5, 5.41) is 9.39. The molecule has 0 fully saturated rings. The minimum absolute atomic E-state index is 0.144. The van der Waals surface area contributed by atoms with Crippen molar-refractivity contribution < 1.29 is 19.2 Å². The lowest BCUT2D eigenvalue weighted by molar-refractivity contribution is -0.118. The summed E-state index contributed by atoms with van der Waals surface area (Å²) in [4.78, 5) is 44.3. The van der Waals surface area contributed by atoms with Crippen LogP contribution in [0.25, 0.3) is 0 Å². The van der Waals surface area contributed by atoms with E-state index in [9.17, 15) is 19.2 Å². The maximum absolute atomic E-state index is 11.4. The van der Waals surface area contributed by atoms with Crippen LogP contribution >= 0.6 is 21.6 Å². The van der Waals surface area contributed by atoms with Gasteiger partial charge >= 0.3 is 12.1 Å². The lowest BCUT2D eigenvalue weighted by Crippen LogP contribution is -2.40. The highest BCUT2D eigenvalue weighted by atomic mass is 33.1. The van der Waals surface area contributed by atoms with Crippen molar-refractivity contribution in [1.82, 2.24) is 21.3 Å². The number of unbranched alkanes of at least 4 members (excludes halogenated alkanes) is 1. The van der Waals surface area contributed by atoms with Gasteiger partial charge in [-0.15, -0.1) is 0 Å². The quantitative estimate of drug-likeness (QED) is 0.362. The third-order valence-corrected chi connectivity index (χ3v) is 4.37. The van der Waals surface area contributed by atoms with Crippen molar-refractivity contribution in [2.45, 2.75) is 26.7 Å². The summed E-state index contributed by atoms with van der Waals surface area (Å²) in [6, 6.07) is -1.02. The van der Waals surface area contributed by atoms with Crippen molar-refractivity contribution >= 4 is 45.5 Å². The van der Waals surface area contributed by atoms with Crippen molar-refractivity contribution in [3.05, 3.63) is 0 Å². The summed E-state index contributed by atoms with van der Waals surface area (Å²) in [7, 11) is 2.67. The van der Waals surface area contributed by atoms with Crippen LogP contribution in [0.5, 0.6) is 0 Å². The number of carbonyl (C=O) groups is 4. The Hall–Kier alpha value is -1.42. The lowest BCUT2D eigenvalue weighted by atomic mass is 10.3. The Morgan fingerprint density at radius 2 is 1.55 bits per heavy atom. The fourth-order valence-electron chi connectivity index (χ4n) is 1.15. The van der Waals surface area contributed by atoms with Gasteiger partial charge in [-0.2, -0.15) is 0 Å². The van der Waals surface area contributed by atoms with Crippen LogP contribution in [0.2, 0.25) is 0 Å². The van der Waals surface area contributed by atoms with Crippen LogP contribution in [0.1, 0.15) is 26.7 Å². The molecule has 0 aromatic heterocycles. The standard InChI is InChI=1S/C12H22N4O4S2/c1-3-4-5-13-12(20)16-10(18)8-22-21-7-6-14-11(19)15-9(2)17/h3-8H2,1-2H3,(H2,13,16,18,20)(H2,14,15,17,19). The minimum atomic E-state index is -0.542. The first-order valence-electron chi connectivity index (χ1n) is 6.83. The zero-order chi connectivity index (χ0) is 16.8. The molecular weight excluding hydrogens is 328 g/mol. The molecule has 0 radical (unpaired) electrons. The van der Waals surface area contributed by atoms with Crippen LogP contribution < -0.4 is 21.3 Å². The molecule has 4 N–H and O–H groups in total. The van der Waals surface area contributed by atoms with E-state index < -0.39 is 18.0 Å². The zero-order valence-electron chi connectivity index (χ0n) is 12.7.